The molecule has 1 saturated heterocycles. The van der Waals surface area contributed by atoms with Crippen LogP contribution < -0.4 is 19.6 Å². The molecule has 0 spiro atoms. The number of hydrogen-bond acceptors (Lipinski definition) is 5. The number of aromatic amines is 1. The number of methoxy groups -OCH3 is 1. The molecule has 1 unspecified atom stereocenters. The Morgan fingerprint density at radius 3 is 2.59 bits per heavy atom. The summed E-state index contributed by atoms with van der Waals surface area (Å²) < 4.78 is 10.8. The summed E-state index contributed by atoms with van der Waals surface area (Å²) in [4.78, 5) is 30.7. The summed E-state index contributed by atoms with van der Waals surface area (Å²) in [6.45, 7) is 4.11. The minimum atomic E-state index is -0.859. The number of benzene rings is 2. The van der Waals surface area contributed by atoms with E-state index in [1.165, 1.54) is 12.0 Å². The molecule has 1 atom stereocenters. The molecule has 2 aromatic carbocycles. The van der Waals surface area contributed by atoms with Crippen LogP contribution in [0.4, 0.5) is 0 Å². The van der Waals surface area contributed by atoms with E-state index in [9.17, 15) is 14.7 Å². The van der Waals surface area contributed by atoms with Gasteiger partial charge in [0.25, 0.3) is 5.91 Å². The maximum absolute atomic E-state index is 13.5. The number of pyridine rings is 1. The van der Waals surface area contributed by atoms with Crippen molar-refractivity contribution in [2.24, 2.45) is 0 Å². The molecule has 0 saturated carbocycles. The van der Waals surface area contributed by atoms with Crippen molar-refractivity contribution in [3.05, 3.63) is 108 Å². The van der Waals surface area contributed by atoms with Gasteiger partial charge >= 0.3 is 0 Å². The number of rotatable bonds is 8. The molecule has 1 amide bonds. The quantitative estimate of drug-likeness (QED) is 0.225. The molecule has 0 aliphatic carbocycles. The predicted molar refractivity (Wildman–Crippen MR) is 123 cm³/mol. The molecule has 7 heteroatoms. The number of nitrogens with zero attached hydrogens (tertiary/aromatic N) is 1. The van der Waals surface area contributed by atoms with Crippen LogP contribution in [0.25, 0.3) is 5.76 Å². The smallest absolute Gasteiger partial charge is 0.295 e. The number of ketones is 1. The molecule has 0 radical (unpaired) electrons. The number of carbonyl (C=O) groups is 2. The average Bonchev–Trinajstić information content (AvgIpc) is 3.13. The maximum Gasteiger partial charge on any atom is 0.295 e. The van der Waals surface area contributed by atoms with Crippen LogP contribution in [0.3, 0.4) is 0 Å². The van der Waals surface area contributed by atoms with E-state index in [-0.39, 0.29) is 12.1 Å². The largest absolute Gasteiger partial charge is 0.872 e. The van der Waals surface area contributed by atoms with Crippen LogP contribution in [0.15, 0.2) is 91.3 Å². The van der Waals surface area contributed by atoms with Gasteiger partial charge in [-0.05, 0) is 41.5 Å². The number of likely N-dealkylation sites (tertiary alicyclic amines) is 1. The standard InChI is InChI=1S/C27H24N2O5/c1-3-14-34-22-8-4-7-20(15-22)24-23(25(30)19-9-11-21(33-2)12-10-19)26(31)27(32)29(24)17-18-6-5-13-28-16-18/h3-13,15-16,24,30H,1,14,17H2,2H3/b25-23+. The van der Waals surface area contributed by atoms with E-state index in [1.54, 1.807) is 67.0 Å². The molecule has 172 valence electrons. The lowest BCUT2D eigenvalue weighted by Gasteiger charge is -2.27. The molecule has 3 aromatic rings. The Labute approximate surface area is 197 Å². The fourth-order valence-electron chi connectivity index (χ4n) is 3.93. The van der Waals surface area contributed by atoms with E-state index in [1.807, 2.05) is 12.1 Å². The summed E-state index contributed by atoms with van der Waals surface area (Å²) in [6, 6.07) is 16.3. The third-order valence-electron chi connectivity index (χ3n) is 5.55. The first-order chi connectivity index (χ1) is 16.5. The fraction of sp³-hybridized carbons (Fsp3) is 0.148. The molecule has 1 aromatic heterocycles. The van der Waals surface area contributed by atoms with Crippen molar-refractivity contribution in [2.45, 2.75) is 12.6 Å². The zero-order chi connectivity index (χ0) is 24.1. The first-order valence-corrected chi connectivity index (χ1v) is 10.7. The van der Waals surface area contributed by atoms with E-state index < -0.39 is 23.5 Å². The number of nitrogens with one attached hydrogen (secondary N) is 1. The van der Waals surface area contributed by atoms with E-state index in [4.69, 9.17) is 9.47 Å². The van der Waals surface area contributed by atoms with Crippen molar-refractivity contribution >= 4 is 17.4 Å². The maximum atomic E-state index is 13.5. The second-order valence-electron chi connectivity index (χ2n) is 7.72. The van der Waals surface area contributed by atoms with Crippen molar-refractivity contribution in [3.63, 3.8) is 0 Å². The Balaban J connectivity index is 1.83. The first-order valence-electron chi connectivity index (χ1n) is 10.7. The summed E-state index contributed by atoms with van der Waals surface area (Å²) >= 11 is 0. The van der Waals surface area contributed by atoms with E-state index in [2.05, 4.69) is 11.6 Å². The fourth-order valence-corrected chi connectivity index (χ4v) is 3.93. The topological polar surface area (TPSA) is 93.0 Å². The van der Waals surface area contributed by atoms with E-state index in [0.717, 1.165) is 5.56 Å². The van der Waals surface area contributed by atoms with Gasteiger partial charge in [-0.2, -0.15) is 0 Å². The summed E-state index contributed by atoms with van der Waals surface area (Å²) in [7, 11) is 1.53. The molecule has 1 aliphatic heterocycles. The van der Waals surface area contributed by atoms with Gasteiger partial charge < -0.3 is 19.5 Å². The first kappa shape index (κ1) is 22.8. The lowest BCUT2D eigenvalue weighted by Crippen LogP contribution is -2.29. The lowest BCUT2D eigenvalue weighted by atomic mass is 9.95. The molecule has 4 rings (SSSR count). The molecule has 1 N–H and O–H groups in total. The summed E-state index contributed by atoms with van der Waals surface area (Å²) in [5.41, 5.74) is 1.62. The van der Waals surface area contributed by atoms with Gasteiger partial charge in [0.05, 0.1) is 19.7 Å². The molecule has 0 bridgehead atoms. The second kappa shape index (κ2) is 10.0. The van der Waals surface area contributed by atoms with Gasteiger partial charge in [0.1, 0.15) is 18.1 Å². The minimum absolute atomic E-state index is 0.0871. The molecular formula is C27H24N2O5. The van der Waals surface area contributed by atoms with Gasteiger partial charge in [-0.3, -0.25) is 9.59 Å². The van der Waals surface area contributed by atoms with Gasteiger partial charge in [0, 0.05) is 17.2 Å². The van der Waals surface area contributed by atoms with Crippen LogP contribution >= 0.6 is 0 Å². The Kier molecular flexibility index (Phi) is 6.73. The minimum Gasteiger partial charge on any atom is -0.872 e. The Morgan fingerprint density at radius 1 is 1.12 bits per heavy atom. The monoisotopic (exact) mass is 456 g/mol. The third kappa shape index (κ3) is 4.54. The molecule has 1 aliphatic rings. The summed E-state index contributed by atoms with van der Waals surface area (Å²) in [5.74, 6) is -0.883. The number of carbonyl (C=O) groups excluding carboxylic acids is 2. The third-order valence-corrected chi connectivity index (χ3v) is 5.55. The van der Waals surface area contributed by atoms with Crippen LogP contribution in [0.1, 0.15) is 22.7 Å². The Bertz CT molecular complexity index is 1240. The van der Waals surface area contributed by atoms with E-state index >= 15 is 0 Å². The SMILES string of the molecule is C=CCOc1cccc(C2/C(=C(\[O-])c3ccc(OC)cc3)C(=O)C(=O)N2Cc2ccc[nH+]c2)c1. The van der Waals surface area contributed by atoms with Crippen molar-refractivity contribution < 1.29 is 29.2 Å². The number of H-pyrrole nitrogens is 1. The zero-order valence-corrected chi connectivity index (χ0v) is 18.7. The average molecular weight is 456 g/mol. The van der Waals surface area contributed by atoms with Crippen molar-refractivity contribution in [2.75, 3.05) is 13.7 Å². The highest BCUT2D eigenvalue weighted by molar-refractivity contribution is 6.46. The van der Waals surface area contributed by atoms with Crippen LogP contribution in [0, 0.1) is 0 Å². The van der Waals surface area contributed by atoms with E-state index in [0.29, 0.717) is 29.2 Å². The number of aromatic nitrogens is 1. The number of Topliss-reactive ketones (excluding diaryl/α,β-unsaturated/α-hetero) is 1. The normalized spacial score (nSPS) is 17.0. The Morgan fingerprint density at radius 2 is 1.91 bits per heavy atom. The number of ether oxygens (including phenoxy) is 2. The molecule has 2 heterocycles. The number of amides is 1. The highest BCUT2D eigenvalue weighted by Crippen LogP contribution is 2.40. The zero-order valence-electron chi connectivity index (χ0n) is 18.7. The van der Waals surface area contributed by atoms with Crippen LogP contribution in [0.2, 0.25) is 0 Å². The van der Waals surface area contributed by atoms with Gasteiger partial charge in [-0.1, -0.05) is 42.7 Å². The molecule has 7 nitrogen and oxygen atoms in total. The highest BCUT2D eigenvalue weighted by atomic mass is 16.5. The van der Waals surface area contributed by atoms with Gasteiger partial charge in [0.2, 0.25) is 5.78 Å². The van der Waals surface area contributed by atoms with Gasteiger partial charge in [-0.25, -0.2) is 4.98 Å². The van der Waals surface area contributed by atoms with Gasteiger partial charge in [-0.15, -0.1) is 0 Å². The lowest BCUT2D eigenvalue weighted by molar-refractivity contribution is -0.378. The Hall–Kier alpha value is -4.39. The molecular weight excluding hydrogens is 432 g/mol. The van der Waals surface area contributed by atoms with Gasteiger partial charge in [0.15, 0.2) is 12.4 Å². The van der Waals surface area contributed by atoms with Crippen molar-refractivity contribution in [1.82, 2.24) is 4.90 Å². The summed E-state index contributed by atoms with van der Waals surface area (Å²) in [5, 5.41) is 13.5. The van der Waals surface area contributed by atoms with Crippen LogP contribution in [0.5, 0.6) is 11.5 Å². The second-order valence-corrected chi connectivity index (χ2v) is 7.72. The van der Waals surface area contributed by atoms with Crippen LogP contribution in [-0.2, 0) is 16.1 Å². The molecule has 1 fully saturated rings. The number of hydrogen-bond donors (Lipinski definition) is 0. The van der Waals surface area contributed by atoms with Crippen molar-refractivity contribution in [1.29, 1.82) is 0 Å². The van der Waals surface area contributed by atoms with Crippen molar-refractivity contribution in [3.8, 4) is 11.5 Å². The highest BCUT2D eigenvalue weighted by Gasteiger charge is 2.44. The summed E-state index contributed by atoms with van der Waals surface area (Å²) in [6.07, 6.45) is 5.13. The molecule has 34 heavy (non-hydrogen) atoms. The predicted octanol–water partition coefficient (Wildman–Crippen LogP) is 2.50. The van der Waals surface area contributed by atoms with Crippen LogP contribution in [-0.4, -0.2) is 30.3 Å².